The Morgan fingerprint density at radius 2 is 1.85 bits per heavy atom. The third-order valence-corrected chi connectivity index (χ3v) is 3.41. The number of methoxy groups -OCH3 is 1. The van der Waals surface area contributed by atoms with Gasteiger partial charge in [-0.2, -0.15) is 0 Å². The molecule has 2 nitrogen and oxygen atoms in total. The second kappa shape index (κ2) is 6.42. The number of halogens is 1. The lowest BCUT2D eigenvalue weighted by atomic mass is 10.1. The Bertz CT molecular complexity index is 566. The Morgan fingerprint density at radius 3 is 2.45 bits per heavy atom. The van der Waals surface area contributed by atoms with Crippen LogP contribution in [0.15, 0.2) is 42.5 Å². The molecule has 0 amide bonds. The molecule has 0 aromatic heterocycles. The minimum absolute atomic E-state index is 0.168. The number of hydrogen-bond acceptors (Lipinski definition) is 2. The molecule has 1 unspecified atom stereocenters. The highest BCUT2D eigenvalue weighted by atomic mass is 19.1. The van der Waals surface area contributed by atoms with Gasteiger partial charge in [0.1, 0.15) is 11.6 Å². The molecule has 1 atom stereocenters. The summed E-state index contributed by atoms with van der Waals surface area (Å²) in [5, 5.41) is 3.31. The molecule has 0 aliphatic rings. The summed E-state index contributed by atoms with van der Waals surface area (Å²) in [5.74, 6) is 0.310. The predicted octanol–water partition coefficient (Wildman–Crippen LogP) is 4.57. The maximum absolute atomic E-state index is 14.0. The van der Waals surface area contributed by atoms with Gasteiger partial charge in [-0.25, -0.2) is 4.39 Å². The molecule has 0 heterocycles. The van der Waals surface area contributed by atoms with Crippen molar-refractivity contribution in [1.82, 2.24) is 0 Å². The monoisotopic (exact) mass is 273 g/mol. The quantitative estimate of drug-likeness (QED) is 0.861. The Hall–Kier alpha value is -2.03. The first kappa shape index (κ1) is 14.4. The summed E-state index contributed by atoms with van der Waals surface area (Å²) in [4.78, 5) is 0. The molecule has 1 N–H and O–H groups in total. The second-order valence-corrected chi connectivity index (χ2v) is 4.77. The molecule has 0 aliphatic carbocycles. The van der Waals surface area contributed by atoms with E-state index in [4.69, 9.17) is 4.74 Å². The van der Waals surface area contributed by atoms with Gasteiger partial charge in [-0.05, 0) is 43.2 Å². The molecule has 3 heteroatoms. The lowest BCUT2D eigenvalue weighted by Crippen LogP contribution is -2.10. The van der Waals surface area contributed by atoms with Crippen molar-refractivity contribution < 1.29 is 9.13 Å². The van der Waals surface area contributed by atoms with Crippen LogP contribution in [0.2, 0.25) is 0 Å². The summed E-state index contributed by atoms with van der Waals surface area (Å²) in [6, 6.07) is 12.9. The molecule has 2 aromatic carbocycles. The van der Waals surface area contributed by atoms with Gasteiger partial charge in [-0.3, -0.25) is 0 Å². The Morgan fingerprint density at radius 1 is 1.15 bits per heavy atom. The lowest BCUT2D eigenvalue weighted by molar-refractivity contribution is 0.402. The first-order valence-corrected chi connectivity index (χ1v) is 6.83. The van der Waals surface area contributed by atoms with Crippen molar-refractivity contribution in [2.24, 2.45) is 0 Å². The Kier molecular flexibility index (Phi) is 4.61. The molecule has 0 saturated carbocycles. The maximum atomic E-state index is 14.0. The second-order valence-electron chi connectivity index (χ2n) is 4.77. The van der Waals surface area contributed by atoms with Crippen LogP contribution in [0.4, 0.5) is 10.1 Å². The summed E-state index contributed by atoms with van der Waals surface area (Å²) < 4.78 is 19.2. The number of aryl methyl sites for hydroxylation is 1. The maximum Gasteiger partial charge on any atom is 0.132 e. The standard InChI is InChI=1S/C17H20FNO/c1-4-13-8-10-14(11-9-13)19-12(2)17-15(18)6-5-7-16(17)20-3/h5-12,19H,4H2,1-3H3. The van der Waals surface area contributed by atoms with Gasteiger partial charge >= 0.3 is 0 Å². The highest BCUT2D eigenvalue weighted by Gasteiger charge is 2.16. The molecule has 0 fully saturated rings. The van der Waals surface area contributed by atoms with Crippen LogP contribution in [0.5, 0.6) is 5.75 Å². The van der Waals surface area contributed by atoms with Crippen LogP contribution >= 0.6 is 0 Å². The normalized spacial score (nSPS) is 12.0. The van der Waals surface area contributed by atoms with Crippen LogP contribution in [-0.4, -0.2) is 7.11 Å². The van der Waals surface area contributed by atoms with Crippen LogP contribution in [-0.2, 0) is 6.42 Å². The molecule has 106 valence electrons. The van der Waals surface area contributed by atoms with Crippen molar-refractivity contribution in [2.45, 2.75) is 26.3 Å². The minimum atomic E-state index is -0.255. The van der Waals surface area contributed by atoms with Crippen molar-refractivity contribution in [2.75, 3.05) is 12.4 Å². The van der Waals surface area contributed by atoms with E-state index in [2.05, 4.69) is 24.4 Å². The van der Waals surface area contributed by atoms with Gasteiger partial charge in [0.05, 0.1) is 18.7 Å². The summed E-state index contributed by atoms with van der Waals surface area (Å²) in [7, 11) is 1.56. The van der Waals surface area contributed by atoms with Crippen LogP contribution in [0.3, 0.4) is 0 Å². The molecule has 0 saturated heterocycles. The van der Waals surface area contributed by atoms with E-state index in [0.29, 0.717) is 11.3 Å². The first-order chi connectivity index (χ1) is 9.65. The van der Waals surface area contributed by atoms with Crippen molar-refractivity contribution in [3.63, 3.8) is 0 Å². The number of rotatable bonds is 5. The lowest BCUT2D eigenvalue weighted by Gasteiger charge is -2.19. The van der Waals surface area contributed by atoms with E-state index in [9.17, 15) is 4.39 Å². The number of hydrogen-bond donors (Lipinski definition) is 1. The van der Waals surface area contributed by atoms with Crippen molar-refractivity contribution >= 4 is 5.69 Å². The molecule has 0 aliphatic heterocycles. The first-order valence-electron chi connectivity index (χ1n) is 6.83. The van der Waals surface area contributed by atoms with Crippen LogP contribution in [0.1, 0.15) is 31.0 Å². The van der Waals surface area contributed by atoms with Crippen LogP contribution < -0.4 is 10.1 Å². The fourth-order valence-corrected chi connectivity index (χ4v) is 2.27. The van der Waals surface area contributed by atoms with E-state index in [0.717, 1.165) is 12.1 Å². The number of anilines is 1. The average Bonchev–Trinajstić information content (AvgIpc) is 2.47. The zero-order valence-corrected chi connectivity index (χ0v) is 12.1. The SMILES string of the molecule is CCc1ccc(NC(C)c2c(F)cccc2OC)cc1. The number of benzene rings is 2. The third kappa shape index (κ3) is 3.10. The van der Waals surface area contributed by atoms with Gasteiger partial charge in [-0.1, -0.05) is 25.1 Å². The van der Waals surface area contributed by atoms with E-state index in [1.165, 1.54) is 11.6 Å². The highest BCUT2D eigenvalue weighted by molar-refractivity contribution is 5.49. The number of nitrogens with one attached hydrogen (secondary N) is 1. The van der Waals surface area contributed by atoms with E-state index >= 15 is 0 Å². The average molecular weight is 273 g/mol. The summed E-state index contributed by atoms with van der Waals surface area (Å²) >= 11 is 0. The van der Waals surface area contributed by atoms with Gasteiger partial charge in [0.25, 0.3) is 0 Å². The highest BCUT2D eigenvalue weighted by Crippen LogP contribution is 2.30. The fourth-order valence-electron chi connectivity index (χ4n) is 2.27. The van der Waals surface area contributed by atoms with Gasteiger partial charge in [-0.15, -0.1) is 0 Å². The third-order valence-electron chi connectivity index (χ3n) is 3.41. The van der Waals surface area contributed by atoms with Gasteiger partial charge in [0.2, 0.25) is 0 Å². The molecular weight excluding hydrogens is 253 g/mol. The van der Waals surface area contributed by atoms with Gasteiger partial charge in [0.15, 0.2) is 0 Å². The predicted molar refractivity (Wildman–Crippen MR) is 80.8 cm³/mol. The summed E-state index contributed by atoms with van der Waals surface area (Å²) in [6.45, 7) is 4.05. The van der Waals surface area contributed by atoms with Crippen molar-refractivity contribution in [3.05, 3.63) is 59.4 Å². The topological polar surface area (TPSA) is 21.3 Å². The fraction of sp³-hybridized carbons (Fsp3) is 0.294. The summed E-state index contributed by atoms with van der Waals surface area (Å²) in [5.41, 5.74) is 2.81. The molecule has 20 heavy (non-hydrogen) atoms. The van der Waals surface area contributed by atoms with Gasteiger partial charge < -0.3 is 10.1 Å². The molecule has 2 rings (SSSR count). The zero-order valence-electron chi connectivity index (χ0n) is 12.1. The van der Waals surface area contributed by atoms with Gasteiger partial charge in [0, 0.05) is 5.69 Å². The number of ether oxygens (including phenoxy) is 1. The Balaban J connectivity index is 2.21. The molecule has 0 spiro atoms. The van der Waals surface area contributed by atoms with Crippen molar-refractivity contribution in [3.8, 4) is 5.75 Å². The molecule has 2 aromatic rings. The molecular formula is C17H20FNO. The van der Waals surface area contributed by atoms with E-state index < -0.39 is 0 Å². The molecule has 0 radical (unpaired) electrons. The largest absolute Gasteiger partial charge is 0.496 e. The zero-order chi connectivity index (χ0) is 14.5. The van der Waals surface area contributed by atoms with E-state index in [-0.39, 0.29) is 11.9 Å². The summed E-state index contributed by atoms with van der Waals surface area (Å²) in [6.07, 6.45) is 1.01. The van der Waals surface area contributed by atoms with E-state index in [1.807, 2.05) is 19.1 Å². The van der Waals surface area contributed by atoms with Crippen molar-refractivity contribution in [1.29, 1.82) is 0 Å². The van der Waals surface area contributed by atoms with Crippen LogP contribution in [0.25, 0.3) is 0 Å². The van der Waals surface area contributed by atoms with Crippen LogP contribution in [0, 0.1) is 5.82 Å². The Labute approximate surface area is 119 Å². The minimum Gasteiger partial charge on any atom is -0.496 e. The van der Waals surface area contributed by atoms with E-state index in [1.54, 1.807) is 19.2 Å². The smallest absolute Gasteiger partial charge is 0.132 e. The molecule has 0 bridgehead atoms.